The van der Waals surface area contributed by atoms with Gasteiger partial charge >= 0.3 is 0 Å². The molecule has 42 heavy (non-hydrogen) atoms. The molecule has 0 unspecified atom stereocenters. The largest absolute Gasteiger partial charge is 0.361 e. The van der Waals surface area contributed by atoms with Gasteiger partial charge in [0, 0.05) is 31.5 Å². The van der Waals surface area contributed by atoms with Gasteiger partial charge in [-0.25, -0.2) is 4.98 Å². The summed E-state index contributed by atoms with van der Waals surface area (Å²) in [5, 5.41) is 26.9. The number of carbonyl (C=O) groups is 1. The summed E-state index contributed by atoms with van der Waals surface area (Å²) in [5.74, 6) is 2.26. The molecule has 10 nitrogen and oxygen atoms in total. The summed E-state index contributed by atoms with van der Waals surface area (Å²) < 4.78 is 1.74. The minimum absolute atomic E-state index is 0.0196. The second-order valence-electron chi connectivity index (χ2n) is 10.2. The number of anilines is 2. The Balaban J connectivity index is 0.000000507. The van der Waals surface area contributed by atoms with Crippen molar-refractivity contribution in [3.05, 3.63) is 95.6 Å². The van der Waals surface area contributed by atoms with Gasteiger partial charge in [-0.2, -0.15) is 20.5 Å². The highest BCUT2D eigenvalue weighted by Crippen LogP contribution is 2.22. The van der Waals surface area contributed by atoms with Gasteiger partial charge < -0.3 is 16.0 Å². The molecule has 2 aromatic heterocycles. The zero-order valence-electron chi connectivity index (χ0n) is 23.8. The van der Waals surface area contributed by atoms with Gasteiger partial charge in [-0.15, -0.1) is 0 Å². The van der Waals surface area contributed by atoms with Crippen LogP contribution in [0.3, 0.4) is 0 Å². The van der Waals surface area contributed by atoms with Crippen LogP contribution >= 0.6 is 0 Å². The Morgan fingerprint density at radius 3 is 2.10 bits per heavy atom. The highest BCUT2D eigenvalue weighted by atomic mass is 16.1. The van der Waals surface area contributed by atoms with Crippen LogP contribution in [0.15, 0.2) is 73.3 Å². The van der Waals surface area contributed by atoms with Crippen molar-refractivity contribution in [1.82, 2.24) is 24.8 Å². The number of nitrogens with zero attached hydrogens (tertiary/aromatic N) is 6. The molecule has 214 valence electrons. The van der Waals surface area contributed by atoms with Crippen LogP contribution in [-0.2, 0) is 17.9 Å². The van der Waals surface area contributed by atoms with Gasteiger partial charge in [-0.05, 0) is 41.3 Å². The second-order valence-corrected chi connectivity index (χ2v) is 10.2. The van der Waals surface area contributed by atoms with E-state index >= 15 is 0 Å². The molecule has 5 rings (SSSR count). The van der Waals surface area contributed by atoms with Crippen molar-refractivity contribution in [2.24, 2.45) is 5.92 Å². The van der Waals surface area contributed by atoms with Crippen LogP contribution in [0.2, 0.25) is 0 Å². The fourth-order valence-electron chi connectivity index (χ4n) is 4.45. The van der Waals surface area contributed by atoms with Crippen LogP contribution in [0, 0.1) is 28.6 Å². The van der Waals surface area contributed by atoms with Gasteiger partial charge in [0.15, 0.2) is 0 Å². The van der Waals surface area contributed by atoms with Gasteiger partial charge in [-0.1, -0.05) is 63.3 Å². The van der Waals surface area contributed by atoms with Gasteiger partial charge in [0.2, 0.25) is 11.9 Å². The second kappa shape index (κ2) is 15.5. The number of nitriles is 2. The predicted molar refractivity (Wildman–Crippen MR) is 161 cm³/mol. The molecule has 2 aromatic carbocycles. The minimum Gasteiger partial charge on any atom is -0.361 e. The molecule has 0 saturated heterocycles. The van der Waals surface area contributed by atoms with Gasteiger partial charge in [0.25, 0.3) is 0 Å². The topological polar surface area (TPSA) is 144 Å². The molecule has 0 bridgehead atoms. The lowest BCUT2D eigenvalue weighted by Gasteiger charge is -2.15. The fourth-order valence-corrected chi connectivity index (χ4v) is 4.45. The van der Waals surface area contributed by atoms with Gasteiger partial charge in [0.05, 0.1) is 29.8 Å². The molecule has 0 spiro atoms. The molecule has 0 aliphatic heterocycles. The molecular formula is C32H35N9O. The SMILES string of the molecule is CC1CCCCC1.N#Cc1ccc(CNC(=O)CNc2cc(-n3ccnc3)nc(NCc3ccc(C#N)cc3)n2)cc1. The van der Waals surface area contributed by atoms with Crippen LogP contribution in [-0.4, -0.2) is 32.0 Å². The number of carbonyl (C=O) groups excluding carboxylic acids is 1. The smallest absolute Gasteiger partial charge is 0.239 e. The molecule has 1 amide bonds. The molecule has 0 atom stereocenters. The number of hydrogen-bond donors (Lipinski definition) is 3. The zero-order chi connectivity index (χ0) is 29.6. The van der Waals surface area contributed by atoms with E-state index in [1.807, 2.05) is 12.1 Å². The molecule has 3 N–H and O–H groups in total. The molecule has 1 aliphatic carbocycles. The van der Waals surface area contributed by atoms with Crippen molar-refractivity contribution in [1.29, 1.82) is 10.5 Å². The van der Waals surface area contributed by atoms with Crippen LogP contribution in [0.1, 0.15) is 61.3 Å². The number of imidazole rings is 1. The van der Waals surface area contributed by atoms with E-state index in [2.05, 4.69) is 50.0 Å². The number of hydrogen-bond acceptors (Lipinski definition) is 8. The van der Waals surface area contributed by atoms with Crippen molar-refractivity contribution < 1.29 is 4.79 Å². The first-order valence-corrected chi connectivity index (χ1v) is 14.1. The van der Waals surface area contributed by atoms with Crippen LogP contribution in [0.5, 0.6) is 0 Å². The number of benzene rings is 2. The summed E-state index contributed by atoms with van der Waals surface area (Å²) in [6.45, 7) is 3.20. The molecule has 2 heterocycles. The third-order valence-electron chi connectivity index (χ3n) is 6.91. The minimum atomic E-state index is -0.204. The summed E-state index contributed by atoms with van der Waals surface area (Å²) in [5.41, 5.74) is 3.03. The van der Waals surface area contributed by atoms with Crippen molar-refractivity contribution in [2.45, 2.75) is 52.1 Å². The third-order valence-corrected chi connectivity index (χ3v) is 6.91. The quantitative estimate of drug-likeness (QED) is 0.249. The van der Waals surface area contributed by atoms with Crippen molar-refractivity contribution in [3.8, 4) is 18.0 Å². The van der Waals surface area contributed by atoms with Crippen LogP contribution in [0.4, 0.5) is 11.8 Å². The summed E-state index contributed by atoms with van der Waals surface area (Å²) in [6.07, 6.45) is 12.5. The van der Waals surface area contributed by atoms with Crippen LogP contribution < -0.4 is 16.0 Å². The van der Waals surface area contributed by atoms with E-state index in [9.17, 15) is 4.79 Å². The Kier molecular flexibility index (Phi) is 11.0. The Morgan fingerprint density at radius 1 is 0.905 bits per heavy atom. The molecular weight excluding hydrogens is 526 g/mol. The first-order chi connectivity index (χ1) is 20.5. The zero-order valence-corrected chi connectivity index (χ0v) is 23.8. The van der Waals surface area contributed by atoms with Crippen LogP contribution in [0.25, 0.3) is 5.82 Å². The first kappa shape index (κ1) is 29.8. The van der Waals surface area contributed by atoms with E-state index in [4.69, 9.17) is 10.5 Å². The lowest BCUT2D eigenvalue weighted by atomic mass is 9.91. The monoisotopic (exact) mass is 561 g/mol. The number of nitrogens with one attached hydrogen (secondary N) is 3. The predicted octanol–water partition coefficient (Wildman–Crippen LogP) is 5.33. The maximum Gasteiger partial charge on any atom is 0.239 e. The molecule has 0 radical (unpaired) electrons. The van der Waals surface area contributed by atoms with E-state index in [0.717, 1.165) is 17.0 Å². The maximum atomic E-state index is 12.4. The Morgan fingerprint density at radius 2 is 1.55 bits per heavy atom. The number of amides is 1. The van der Waals surface area contributed by atoms with Gasteiger partial charge in [0.1, 0.15) is 18.0 Å². The Labute approximate surface area is 246 Å². The van der Waals surface area contributed by atoms with E-state index in [-0.39, 0.29) is 12.5 Å². The molecule has 1 fully saturated rings. The van der Waals surface area contributed by atoms with Gasteiger partial charge in [-0.3, -0.25) is 9.36 Å². The lowest BCUT2D eigenvalue weighted by Crippen LogP contribution is -2.29. The number of rotatable bonds is 9. The van der Waals surface area contributed by atoms with E-state index in [1.54, 1.807) is 65.8 Å². The standard InChI is InChI=1S/C25H21N9O.C7H14/c26-12-18-1-5-20(6-2-18)14-30-24(35)16-29-22-11-23(34-10-9-28-17-34)33-25(32-22)31-15-21-7-3-19(13-27)4-8-21;1-7-5-3-2-4-6-7/h1-11,17H,14-16H2,(H,30,35)(H2,29,31,32,33);7H,2-6H2,1H3. The maximum absolute atomic E-state index is 12.4. The summed E-state index contributed by atoms with van der Waals surface area (Å²) >= 11 is 0. The van der Waals surface area contributed by atoms with E-state index < -0.39 is 0 Å². The van der Waals surface area contributed by atoms with Crippen molar-refractivity contribution in [3.63, 3.8) is 0 Å². The Hall–Kier alpha value is -5.22. The number of aromatic nitrogens is 4. The molecule has 10 heteroatoms. The average molecular weight is 562 g/mol. The van der Waals surface area contributed by atoms with E-state index in [0.29, 0.717) is 41.8 Å². The average Bonchev–Trinajstić information content (AvgIpc) is 3.58. The van der Waals surface area contributed by atoms with E-state index in [1.165, 1.54) is 32.1 Å². The molecule has 1 saturated carbocycles. The van der Waals surface area contributed by atoms with Crippen molar-refractivity contribution in [2.75, 3.05) is 17.2 Å². The summed E-state index contributed by atoms with van der Waals surface area (Å²) in [7, 11) is 0. The third kappa shape index (κ3) is 9.46. The highest BCUT2D eigenvalue weighted by molar-refractivity contribution is 5.80. The summed E-state index contributed by atoms with van der Waals surface area (Å²) in [6, 6.07) is 20.2. The fraction of sp³-hybridized carbons (Fsp3) is 0.312. The lowest BCUT2D eigenvalue weighted by molar-refractivity contribution is -0.119. The Bertz CT molecular complexity index is 1500. The normalized spacial score (nSPS) is 12.6. The molecule has 4 aromatic rings. The summed E-state index contributed by atoms with van der Waals surface area (Å²) in [4.78, 5) is 25.4. The highest BCUT2D eigenvalue weighted by Gasteiger charge is 2.09. The molecule has 1 aliphatic rings. The first-order valence-electron chi connectivity index (χ1n) is 14.1. The van der Waals surface area contributed by atoms with Crippen molar-refractivity contribution >= 4 is 17.7 Å².